The van der Waals surface area contributed by atoms with E-state index >= 15 is 0 Å². The second kappa shape index (κ2) is 4.45. The quantitative estimate of drug-likeness (QED) is 0.757. The highest BCUT2D eigenvalue weighted by Gasteiger charge is 2.14. The molecule has 0 fully saturated rings. The zero-order valence-corrected chi connectivity index (χ0v) is 8.97. The minimum absolute atomic E-state index is 0.0699. The van der Waals surface area contributed by atoms with Crippen molar-refractivity contribution in [3.05, 3.63) is 34.9 Å². The van der Waals surface area contributed by atoms with Crippen molar-refractivity contribution >= 4 is 5.91 Å². The Labute approximate surface area is 89.9 Å². The molecule has 0 spiro atoms. The second-order valence-corrected chi connectivity index (χ2v) is 3.88. The molecule has 1 amide bonds. The van der Waals surface area contributed by atoms with Crippen molar-refractivity contribution in [1.29, 1.82) is 0 Å². The molecule has 0 saturated heterocycles. The third kappa shape index (κ3) is 2.18. The molecule has 1 aromatic rings. The molecule has 0 saturated carbocycles. The first-order chi connectivity index (χ1) is 7.31. The number of hydrogen-bond acceptors (Lipinski definition) is 2. The van der Waals surface area contributed by atoms with Crippen LogP contribution in [0.4, 0.5) is 0 Å². The van der Waals surface area contributed by atoms with Crippen molar-refractivity contribution in [3.8, 4) is 0 Å². The molecule has 80 valence electrons. The summed E-state index contributed by atoms with van der Waals surface area (Å²) < 4.78 is 0. The normalized spacial score (nSPS) is 15.4. The summed E-state index contributed by atoms with van der Waals surface area (Å²) in [5, 5.41) is 6.00. The lowest BCUT2D eigenvalue weighted by molar-refractivity contribution is 0.0956. The van der Waals surface area contributed by atoms with E-state index in [2.05, 4.69) is 22.8 Å². The smallest absolute Gasteiger partial charge is 0.251 e. The van der Waals surface area contributed by atoms with Crippen molar-refractivity contribution < 1.29 is 4.79 Å². The van der Waals surface area contributed by atoms with E-state index in [1.165, 1.54) is 5.56 Å². The van der Waals surface area contributed by atoms with Crippen LogP contribution < -0.4 is 10.6 Å². The predicted octanol–water partition coefficient (Wildman–Crippen LogP) is 1.08. The van der Waals surface area contributed by atoms with Crippen LogP contribution in [-0.2, 0) is 13.0 Å². The fourth-order valence-electron chi connectivity index (χ4n) is 1.94. The number of benzene rings is 1. The van der Waals surface area contributed by atoms with Crippen LogP contribution >= 0.6 is 0 Å². The van der Waals surface area contributed by atoms with E-state index in [9.17, 15) is 4.79 Å². The van der Waals surface area contributed by atoms with E-state index in [0.29, 0.717) is 0 Å². The number of rotatable bonds is 2. The fourth-order valence-corrected chi connectivity index (χ4v) is 1.94. The minimum Gasteiger partial charge on any atom is -0.352 e. The maximum absolute atomic E-state index is 11.7. The summed E-state index contributed by atoms with van der Waals surface area (Å²) in [6.07, 6.45) is 2.03. The Morgan fingerprint density at radius 3 is 3.13 bits per heavy atom. The van der Waals surface area contributed by atoms with Crippen LogP contribution in [-0.4, -0.2) is 19.5 Å². The van der Waals surface area contributed by atoms with Crippen molar-refractivity contribution in [3.63, 3.8) is 0 Å². The molecule has 1 aliphatic rings. The van der Waals surface area contributed by atoms with E-state index in [1.807, 2.05) is 13.1 Å². The fraction of sp³-hybridized carbons (Fsp3) is 0.417. The first-order valence-electron chi connectivity index (χ1n) is 5.36. The monoisotopic (exact) mass is 204 g/mol. The molecule has 3 nitrogen and oxygen atoms in total. The molecule has 0 bridgehead atoms. The van der Waals surface area contributed by atoms with Gasteiger partial charge in [0.05, 0.1) is 0 Å². The highest BCUT2D eigenvalue weighted by atomic mass is 16.1. The highest BCUT2D eigenvalue weighted by Crippen LogP contribution is 2.16. The van der Waals surface area contributed by atoms with Gasteiger partial charge >= 0.3 is 0 Å². The molecular weight excluding hydrogens is 188 g/mol. The van der Waals surface area contributed by atoms with Crippen molar-refractivity contribution in [2.24, 2.45) is 0 Å². The van der Waals surface area contributed by atoms with Gasteiger partial charge in [-0.1, -0.05) is 12.1 Å². The number of amides is 1. The van der Waals surface area contributed by atoms with Crippen LogP contribution in [0.5, 0.6) is 0 Å². The summed E-state index contributed by atoms with van der Waals surface area (Å²) >= 11 is 0. The highest BCUT2D eigenvalue weighted by molar-refractivity contribution is 5.96. The van der Waals surface area contributed by atoms with E-state index in [0.717, 1.165) is 37.1 Å². The molecule has 15 heavy (non-hydrogen) atoms. The standard InChI is InChI=1S/C12H16N2O/c1-13-8-9-4-5-10-3-2-6-14-12(15)11(10)7-9/h4-5,7,13H,2-3,6,8H2,1H3,(H,14,15). The predicted molar refractivity (Wildman–Crippen MR) is 59.9 cm³/mol. The van der Waals surface area contributed by atoms with Gasteiger partial charge in [-0.2, -0.15) is 0 Å². The van der Waals surface area contributed by atoms with Gasteiger partial charge in [0, 0.05) is 18.7 Å². The van der Waals surface area contributed by atoms with Gasteiger partial charge in [-0.05, 0) is 37.1 Å². The van der Waals surface area contributed by atoms with Crippen LogP contribution in [0.15, 0.2) is 18.2 Å². The van der Waals surface area contributed by atoms with E-state index in [4.69, 9.17) is 0 Å². The summed E-state index contributed by atoms with van der Waals surface area (Å²) in [7, 11) is 1.91. The number of hydrogen-bond donors (Lipinski definition) is 2. The molecule has 0 aromatic heterocycles. The number of carbonyl (C=O) groups excluding carboxylic acids is 1. The van der Waals surface area contributed by atoms with E-state index in [1.54, 1.807) is 0 Å². The lowest BCUT2D eigenvalue weighted by Gasteiger charge is -2.07. The third-order valence-corrected chi connectivity index (χ3v) is 2.71. The van der Waals surface area contributed by atoms with Crippen molar-refractivity contribution in [2.45, 2.75) is 19.4 Å². The van der Waals surface area contributed by atoms with Crippen LogP contribution in [0.3, 0.4) is 0 Å². The Bertz CT molecular complexity index is 374. The molecule has 0 radical (unpaired) electrons. The largest absolute Gasteiger partial charge is 0.352 e. The Morgan fingerprint density at radius 2 is 2.33 bits per heavy atom. The topological polar surface area (TPSA) is 41.1 Å². The molecule has 1 aromatic carbocycles. The first kappa shape index (κ1) is 10.2. The lowest BCUT2D eigenvalue weighted by atomic mass is 10.0. The van der Waals surface area contributed by atoms with E-state index in [-0.39, 0.29) is 5.91 Å². The van der Waals surface area contributed by atoms with Gasteiger partial charge in [0.2, 0.25) is 0 Å². The second-order valence-electron chi connectivity index (χ2n) is 3.88. The average molecular weight is 204 g/mol. The van der Waals surface area contributed by atoms with Gasteiger partial charge in [-0.15, -0.1) is 0 Å². The molecule has 3 heteroatoms. The maximum atomic E-state index is 11.7. The molecule has 1 aliphatic heterocycles. The summed E-state index contributed by atoms with van der Waals surface area (Å²) in [5.41, 5.74) is 3.18. The van der Waals surface area contributed by atoms with Gasteiger partial charge in [0.15, 0.2) is 0 Å². The van der Waals surface area contributed by atoms with Crippen LogP contribution in [0, 0.1) is 0 Å². The SMILES string of the molecule is CNCc1ccc2c(c1)C(=O)NCCC2. The van der Waals surface area contributed by atoms with Crippen LogP contribution in [0.25, 0.3) is 0 Å². The lowest BCUT2D eigenvalue weighted by Crippen LogP contribution is -2.22. The number of fused-ring (bicyclic) bond motifs is 1. The maximum Gasteiger partial charge on any atom is 0.251 e. The zero-order chi connectivity index (χ0) is 10.7. The summed E-state index contributed by atoms with van der Waals surface area (Å²) in [6.45, 7) is 1.59. The molecule has 0 aliphatic carbocycles. The Balaban J connectivity index is 2.35. The van der Waals surface area contributed by atoms with Gasteiger partial charge in [0.25, 0.3) is 5.91 Å². The minimum atomic E-state index is 0.0699. The van der Waals surface area contributed by atoms with Crippen molar-refractivity contribution in [1.82, 2.24) is 10.6 Å². The molecule has 1 heterocycles. The summed E-state index contributed by atoms with van der Waals surface area (Å²) in [5.74, 6) is 0.0699. The summed E-state index contributed by atoms with van der Waals surface area (Å²) in [6, 6.07) is 6.16. The Hall–Kier alpha value is -1.35. The zero-order valence-electron chi connectivity index (χ0n) is 8.97. The molecule has 0 atom stereocenters. The van der Waals surface area contributed by atoms with Gasteiger partial charge in [-0.25, -0.2) is 0 Å². The van der Waals surface area contributed by atoms with Gasteiger partial charge < -0.3 is 10.6 Å². The van der Waals surface area contributed by atoms with E-state index < -0.39 is 0 Å². The van der Waals surface area contributed by atoms with Crippen LogP contribution in [0.2, 0.25) is 0 Å². The molecule has 2 N–H and O–H groups in total. The first-order valence-corrected chi connectivity index (χ1v) is 5.36. The molecule has 0 unspecified atom stereocenters. The summed E-state index contributed by atoms with van der Waals surface area (Å²) in [4.78, 5) is 11.7. The Morgan fingerprint density at radius 1 is 1.47 bits per heavy atom. The van der Waals surface area contributed by atoms with Crippen molar-refractivity contribution in [2.75, 3.05) is 13.6 Å². The average Bonchev–Trinajstić information content (AvgIpc) is 2.42. The number of nitrogens with one attached hydrogen (secondary N) is 2. The Kier molecular flexibility index (Phi) is 3.02. The van der Waals surface area contributed by atoms with Crippen LogP contribution in [0.1, 0.15) is 27.9 Å². The molecular formula is C12H16N2O. The third-order valence-electron chi connectivity index (χ3n) is 2.71. The number of carbonyl (C=O) groups is 1. The molecule has 2 rings (SSSR count). The van der Waals surface area contributed by atoms with Gasteiger partial charge in [-0.3, -0.25) is 4.79 Å². The number of aryl methyl sites for hydroxylation is 1. The van der Waals surface area contributed by atoms with Gasteiger partial charge in [0.1, 0.15) is 0 Å².